The predicted molar refractivity (Wildman–Crippen MR) is 57.3 cm³/mol. The summed E-state index contributed by atoms with van der Waals surface area (Å²) in [4.78, 5) is 11.4. The summed E-state index contributed by atoms with van der Waals surface area (Å²) in [6.45, 7) is 8.18. The van der Waals surface area contributed by atoms with E-state index in [0.717, 1.165) is 5.57 Å². The molecule has 0 amide bonds. The van der Waals surface area contributed by atoms with E-state index < -0.39 is 0 Å². The Hall–Kier alpha value is -1.51. The zero-order valence-electron chi connectivity index (χ0n) is 8.63. The van der Waals surface area contributed by atoms with Crippen LogP contribution in [0.3, 0.4) is 0 Å². The van der Waals surface area contributed by atoms with Gasteiger partial charge in [-0.2, -0.15) is 0 Å². The maximum absolute atomic E-state index is 11.4. The summed E-state index contributed by atoms with van der Waals surface area (Å²) in [5.41, 5.74) is 7.77. The molecule has 1 fully saturated rings. The number of ketones is 1. The van der Waals surface area contributed by atoms with Gasteiger partial charge >= 0.3 is 0 Å². The van der Waals surface area contributed by atoms with Gasteiger partial charge < -0.3 is 11.1 Å². The minimum atomic E-state index is 0.0787. The maximum atomic E-state index is 11.4. The van der Waals surface area contributed by atoms with E-state index in [9.17, 15) is 4.79 Å². The Morgan fingerprint density at radius 3 is 2.64 bits per heavy atom. The van der Waals surface area contributed by atoms with Crippen LogP contribution in [0.2, 0.25) is 0 Å². The molecule has 3 N–H and O–H groups in total. The van der Waals surface area contributed by atoms with Crippen molar-refractivity contribution in [2.45, 2.75) is 13.8 Å². The van der Waals surface area contributed by atoms with E-state index in [-0.39, 0.29) is 5.78 Å². The van der Waals surface area contributed by atoms with Crippen molar-refractivity contribution in [2.75, 3.05) is 6.54 Å². The zero-order chi connectivity index (χ0) is 10.7. The molecule has 14 heavy (non-hydrogen) atoms. The third-order valence-corrected chi connectivity index (χ3v) is 2.26. The summed E-state index contributed by atoms with van der Waals surface area (Å²) in [7, 11) is 0. The Bertz CT molecular complexity index is 306. The maximum Gasteiger partial charge on any atom is 0.183 e. The topological polar surface area (TPSA) is 55.1 Å². The Balaban J connectivity index is 2.96. The van der Waals surface area contributed by atoms with Crippen LogP contribution in [-0.4, -0.2) is 12.3 Å². The van der Waals surface area contributed by atoms with Crippen LogP contribution in [0, 0.1) is 5.92 Å². The molecule has 3 heteroatoms. The van der Waals surface area contributed by atoms with Gasteiger partial charge in [0.2, 0.25) is 0 Å². The van der Waals surface area contributed by atoms with E-state index in [1.165, 1.54) is 6.20 Å². The smallest absolute Gasteiger partial charge is 0.183 e. The van der Waals surface area contributed by atoms with Gasteiger partial charge in [0.1, 0.15) is 0 Å². The van der Waals surface area contributed by atoms with E-state index in [2.05, 4.69) is 11.9 Å². The Labute approximate surface area is 84.4 Å². The van der Waals surface area contributed by atoms with Gasteiger partial charge in [0.15, 0.2) is 5.78 Å². The van der Waals surface area contributed by atoms with E-state index >= 15 is 0 Å². The van der Waals surface area contributed by atoms with Crippen LogP contribution >= 0.6 is 0 Å². The first-order valence-electron chi connectivity index (χ1n) is 4.66. The molecule has 76 valence electrons. The average molecular weight is 192 g/mol. The summed E-state index contributed by atoms with van der Waals surface area (Å²) < 4.78 is 0. The molecule has 0 aromatic carbocycles. The van der Waals surface area contributed by atoms with Crippen LogP contribution in [-0.2, 0) is 4.79 Å². The normalized spacial score (nSPS) is 20.8. The lowest BCUT2D eigenvalue weighted by Gasteiger charge is -2.06. The van der Waals surface area contributed by atoms with Crippen molar-refractivity contribution in [3.05, 3.63) is 35.7 Å². The highest BCUT2D eigenvalue weighted by atomic mass is 16.1. The summed E-state index contributed by atoms with van der Waals surface area (Å²) in [5, 5.41) is 2.91. The van der Waals surface area contributed by atoms with Crippen LogP contribution in [0.15, 0.2) is 35.7 Å². The average Bonchev–Trinajstić information content (AvgIpc) is 2.43. The number of hydrogen-bond acceptors (Lipinski definition) is 3. The highest BCUT2D eigenvalue weighted by Gasteiger charge is 2.20. The molecule has 0 saturated carbocycles. The Morgan fingerprint density at radius 1 is 1.64 bits per heavy atom. The van der Waals surface area contributed by atoms with Crippen LogP contribution in [0.5, 0.6) is 0 Å². The van der Waals surface area contributed by atoms with Gasteiger partial charge in [-0.05, 0) is 23.8 Å². The molecule has 0 atom stereocenters. The van der Waals surface area contributed by atoms with Crippen LogP contribution in [0.4, 0.5) is 0 Å². The van der Waals surface area contributed by atoms with Gasteiger partial charge in [-0.1, -0.05) is 20.4 Å². The second-order valence-corrected chi connectivity index (χ2v) is 3.63. The number of nitrogens with two attached hydrogens (primary N) is 1. The first-order valence-corrected chi connectivity index (χ1v) is 4.66. The van der Waals surface area contributed by atoms with Crippen molar-refractivity contribution in [2.24, 2.45) is 11.7 Å². The fourth-order valence-electron chi connectivity index (χ4n) is 1.29. The lowest BCUT2D eigenvalue weighted by atomic mass is 10.00. The molecule has 0 spiro atoms. The second kappa shape index (κ2) is 4.13. The largest absolute Gasteiger partial charge is 0.404 e. The minimum absolute atomic E-state index is 0.0787. The molecule has 3 nitrogen and oxygen atoms in total. The molecule has 1 saturated heterocycles. The monoisotopic (exact) mass is 192 g/mol. The number of carbonyl (C=O) groups excluding carboxylic acids is 1. The minimum Gasteiger partial charge on any atom is -0.404 e. The third-order valence-electron chi connectivity index (χ3n) is 2.26. The van der Waals surface area contributed by atoms with E-state index in [0.29, 0.717) is 23.7 Å². The molecule has 1 aliphatic rings. The fourth-order valence-corrected chi connectivity index (χ4v) is 1.29. The SMILES string of the molecule is C=C1NCC(=O)/C1=C/C(=C\N)C(C)C. The first kappa shape index (κ1) is 10.6. The molecule has 1 aliphatic heterocycles. The lowest BCUT2D eigenvalue weighted by Crippen LogP contribution is -2.06. The first-order chi connectivity index (χ1) is 6.56. The highest BCUT2D eigenvalue weighted by Crippen LogP contribution is 2.18. The van der Waals surface area contributed by atoms with E-state index in [1.807, 2.05) is 19.9 Å². The Kier molecular flexibility index (Phi) is 3.12. The molecule has 0 radical (unpaired) electrons. The highest BCUT2D eigenvalue weighted by molar-refractivity contribution is 6.04. The Morgan fingerprint density at radius 2 is 2.29 bits per heavy atom. The van der Waals surface area contributed by atoms with Gasteiger partial charge in [-0.3, -0.25) is 4.79 Å². The summed E-state index contributed by atoms with van der Waals surface area (Å²) >= 11 is 0. The number of hydrogen-bond donors (Lipinski definition) is 2. The quantitative estimate of drug-likeness (QED) is 0.644. The van der Waals surface area contributed by atoms with Crippen molar-refractivity contribution in [3.8, 4) is 0 Å². The predicted octanol–water partition coefficient (Wildman–Crippen LogP) is 1.10. The molecule has 0 aliphatic carbocycles. The van der Waals surface area contributed by atoms with Gasteiger partial charge in [-0.25, -0.2) is 0 Å². The molecule has 0 aromatic heterocycles. The van der Waals surface area contributed by atoms with Crippen LogP contribution in [0.1, 0.15) is 13.8 Å². The number of allylic oxidation sites excluding steroid dienone is 3. The van der Waals surface area contributed by atoms with Crippen molar-refractivity contribution in [1.29, 1.82) is 0 Å². The number of nitrogens with one attached hydrogen (secondary N) is 1. The zero-order valence-corrected chi connectivity index (χ0v) is 8.63. The van der Waals surface area contributed by atoms with Gasteiger partial charge in [0, 0.05) is 11.3 Å². The molecule has 1 heterocycles. The number of rotatable bonds is 2. The fraction of sp³-hybridized carbons (Fsp3) is 0.364. The van der Waals surface area contributed by atoms with Crippen molar-refractivity contribution < 1.29 is 4.79 Å². The van der Waals surface area contributed by atoms with Gasteiger partial charge in [0.25, 0.3) is 0 Å². The van der Waals surface area contributed by atoms with Crippen molar-refractivity contribution in [3.63, 3.8) is 0 Å². The van der Waals surface area contributed by atoms with Crippen LogP contribution < -0.4 is 11.1 Å². The van der Waals surface area contributed by atoms with E-state index in [4.69, 9.17) is 5.73 Å². The summed E-state index contributed by atoms with van der Waals surface area (Å²) in [6.07, 6.45) is 3.35. The third kappa shape index (κ3) is 2.05. The molecular weight excluding hydrogens is 176 g/mol. The lowest BCUT2D eigenvalue weighted by molar-refractivity contribution is -0.113. The standard InChI is InChI=1S/C11H16N2O/c1-7(2)9(5-12)4-10-8(3)13-6-11(10)14/h4-5,7,13H,3,6,12H2,1-2H3/b9-5+,10-4+. The second-order valence-electron chi connectivity index (χ2n) is 3.63. The molecule has 1 rings (SSSR count). The van der Waals surface area contributed by atoms with Gasteiger partial charge in [0.05, 0.1) is 6.54 Å². The molecule has 0 bridgehead atoms. The molecule has 0 unspecified atom stereocenters. The van der Waals surface area contributed by atoms with Crippen molar-refractivity contribution in [1.82, 2.24) is 5.32 Å². The van der Waals surface area contributed by atoms with Gasteiger partial charge in [-0.15, -0.1) is 0 Å². The molecular formula is C11H16N2O. The summed E-state index contributed by atoms with van der Waals surface area (Å²) in [6, 6.07) is 0. The summed E-state index contributed by atoms with van der Waals surface area (Å²) in [5.74, 6) is 0.392. The number of carbonyl (C=O) groups is 1. The number of Topliss-reactive ketones (excluding diaryl/α,β-unsaturated/α-hetero) is 1. The van der Waals surface area contributed by atoms with Crippen LogP contribution in [0.25, 0.3) is 0 Å². The molecule has 0 aromatic rings. The van der Waals surface area contributed by atoms with Crippen molar-refractivity contribution >= 4 is 5.78 Å². The van der Waals surface area contributed by atoms with E-state index in [1.54, 1.807) is 0 Å².